The van der Waals surface area contributed by atoms with Crippen LogP contribution in [-0.2, 0) is 15.1 Å². The standard InChI is InChI=1S/C24H25ClN4O3/c1-23-21(5-4-8-31-23)32-20-7-6-16(17-9-15(13-26)10-18(25)11-17)12-19(20)24(23,14-30)28-22(27)29(2)3/h6-7,9-12,14,21H,4-5,8H2,1-3H3,(H2,27,28). The molecule has 0 radical (unpaired) electrons. The van der Waals surface area contributed by atoms with Crippen LogP contribution < -0.4 is 10.5 Å². The molecule has 0 aromatic heterocycles. The maximum atomic E-state index is 12.9. The summed E-state index contributed by atoms with van der Waals surface area (Å²) in [5, 5.41) is 9.78. The summed E-state index contributed by atoms with van der Waals surface area (Å²) in [5.74, 6) is 0.769. The first-order valence-corrected chi connectivity index (χ1v) is 10.8. The average Bonchev–Trinajstić information content (AvgIpc) is 2.78. The second kappa shape index (κ2) is 8.12. The summed E-state index contributed by atoms with van der Waals surface area (Å²) in [4.78, 5) is 19.3. The van der Waals surface area contributed by atoms with Crippen LogP contribution in [-0.4, -0.2) is 49.6 Å². The van der Waals surface area contributed by atoms with E-state index in [0.29, 0.717) is 28.5 Å². The van der Waals surface area contributed by atoms with E-state index in [1.807, 2.05) is 25.1 Å². The van der Waals surface area contributed by atoms with Gasteiger partial charge in [-0.2, -0.15) is 5.26 Å². The largest absolute Gasteiger partial charge is 0.487 e. The highest BCUT2D eigenvalue weighted by molar-refractivity contribution is 6.31. The van der Waals surface area contributed by atoms with E-state index in [-0.39, 0.29) is 12.1 Å². The minimum atomic E-state index is -1.41. The molecule has 1 saturated heterocycles. The van der Waals surface area contributed by atoms with Crippen LogP contribution in [0.3, 0.4) is 0 Å². The molecule has 32 heavy (non-hydrogen) atoms. The quantitative estimate of drug-likeness (QED) is 0.434. The Labute approximate surface area is 192 Å². The van der Waals surface area contributed by atoms with Gasteiger partial charge in [0.1, 0.15) is 17.5 Å². The molecular formula is C24H25ClN4O3. The van der Waals surface area contributed by atoms with Crippen molar-refractivity contribution in [3.63, 3.8) is 0 Å². The number of rotatable bonds is 3. The maximum absolute atomic E-state index is 12.9. The molecule has 7 nitrogen and oxygen atoms in total. The number of hydrogen-bond donors (Lipinski definition) is 1. The first kappa shape index (κ1) is 22.1. The Hall–Kier alpha value is -3.08. The lowest BCUT2D eigenvalue weighted by molar-refractivity contribution is -0.184. The Kier molecular flexibility index (Phi) is 5.61. The fraction of sp³-hybridized carbons (Fsp3) is 0.375. The van der Waals surface area contributed by atoms with Crippen molar-refractivity contribution < 1.29 is 14.3 Å². The predicted molar refractivity (Wildman–Crippen MR) is 123 cm³/mol. The second-order valence-corrected chi connectivity index (χ2v) is 8.94. The summed E-state index contributed by atoms with van der Waals surface area (Å²) in [6.45, 7) is 2.36. The molecule has 0 aliphatic carbocycles. The van der Waals surface area contributed by atoms with Gasteiger partial charge in [0.15, 0.2) is 17.8 Å². The molecule has 0 bridgehead atoms. The van der Waals surface area contributed by atoms with E-state index in [0.717, 1.165) is 30.3 Å². The van der Waals surface area contributed by atoms with Crippen molar-refractivity contribution in [2.75, 3.05) is 20.7 Å². The molecule has 1 fully saturated rings. The molecule has 0 amide bonds. The van der Waals surface area contributed by atoms with Crippen LogP contribution in [0, 0.1) is 11.3 Å². The van der Waals surface area contributed by atoms with Crippen LogP contribution in [0.4, 0.5) is 0 Å². The van der Waals surface area contributed by atoms with Crippen molar-refractivity contribution in [1.82, 2.24) is 4.90 Å². The summed E-state index contributed by atoms with van der Waals surface area (Å²) in [5.41, 5.74) is 6.30. The van der Waals surface area contributed by atoms with Gasteiger partial charge in [-0.15, -0.1) is 0 Å². The number of guanidine groups is 1. The third-order valence-corrected chi connectivity index (χ3v) is 6.54. The van der Waals surface area contributed by atoms with E-state index < -0.39 is 11.1 Å². The van der Waals surface area contributed by atoms with Crippen LogP contribution >= 0.6 is 11.6 Å². The SMILES string of the molecule is CN(C)C(N)=NC1(C=O)c2cc(-c3cc(Cl)cc(C#N)c3)ccc2OC2CCCOC21C. The third kappa shape index (κ3) is 3.40. The Balaban J connectivity index is 1.98. The summed E-state index contributed by atoms with van der Waals surface area (Å²) in [6, 6.07) is 12.8. The summed E-state index contributed by atoms with van der Waals surface area (Å²) >= 11 is 6.23. The van der Waals surface area contributed by atoms with E-state index in [2.05, 4.69) is 6.07 Å². The minimum Gasteiger partial charge on any atom is -0.487 e. The van der Waals surface area contributed by atoms with Crippen molar-refractivity contribution in [3.05, 3.63) is 52.5 Å². The van der Waals surface area contributed by atoms with E-state index in [1.165, 1.54) is 0 Å². The van der Waals surface area contributed by atoms with Gasteiger partial charge >= 0.3 is 0 Å². The predicted octanol–water partition coefficient (Wildman–Crippen LogP) is 3.48. The summed E-state index contributed by atoms with van der Waals surface area (Å²) in [7, 11) is 3.54. The van der Waals surface area contributed by atoms with Gasteiger partial charge in [-0.05, 0) is 61.2 Å². The molecule has 2 aliphatic heterocycles. The number of hydrogen-bond acceptors (Lipinski definition) is 5. The smallest absolute Gasteiger partial charge is 0.192 e. The molecule has 2 heterocycles. The number of nitrogens with zero attached hydrogens (tertiary/aromatic N) is 3. The van der Waals surface area contributed by atoms with Crippen LogP contribution in [0.5, 0.6) is 5.75 Å². The first-order chi connectivity index (χ1) is 15.2. The van der Waals surface area contributed by atoms with Gasteiger partial charge in [0.05, 0.1) is 11.6 Å². The molecule has 2 N–H and O–H groups in total. The van der Waals surface area contributed by atoms with Gasteiger partial charge in [0.25, 0.3) is 0 Å². The molecule has 4 rings (SSSR count). The van der Waals surface area contributed by atoms with Crippen molar-refractivity contribution in [3.8, 4) is 22.9 Å². The highest BCUT2D eigenvalue weighted by atomic mass is 35.5. The summed E-state index contributed by atoms with van der Waals surface area (Å²) in [6.07, 6.45) is 2.03. The molecule has 2 aliphatic rings. The first-order valence-electron chi connectivity index (χ1n) is 10.4. The molecular weight excluding hydrogens is 428 g/mol. The molecule has 2 aromatic rings. The average molecular weight is 453 g/mol. The van der Waals surface area contributed by atoms with E-state index in [4.69, 9.17) is 31.8 Å². The lowest BCUT2D eigenvalue weighted by atomic mass is 9.69. The number of fused-ring (bicyclic) bond motifs is 2. The third-order valence-electron chi connectivity index (χ3n) is 6.32. The Morgan fingerprint density at radius 3 is 2.78 bits per heavy atom. The van der Waals surface area contributed by atoms with E-state index in [9.17, 15) is 10.1 Å². The number of nitriles is 1. The highest BCUT2D eigenvalue weighted by Crippen LogP contribution is 2.52. The van der Waals surface area contributed by atoms with Crippen molar-refractivity contribution >= 4 is 23.8 Å². The number of aldehydes is 1. The van der Waals surface area contributed by atoms with Gasteiger partial charge in [0, 0.05) is 31.3 Å². The lowest BCUT2D eigenvalue weighted by Crippen LogP contribution is -2.65. The molecule has 3 atom stereocenters. The molecule has 3 unspecified atom stereocenters. The molecule has 2 aromatic carbocycles. The van der Waals surface area contributed by atoms with Gasteiger partial charge in [-0.1, -0.05) is 17.7 Å². The van der Waals surface area contributed by atoms with Crippen molar-refractivity contribution in [2.24, 2.45) is 10.7 Å². The minimum absolute atomic E-state index is 0.207. The summed E-state index contributed by atoms with van der Waals surface area (Å²) < 4.78 is 12.5. The zero-order valence-corrected chi connectivity index (χ0v) is 19.0. The van der Waals surface area contributed by atoms with Crippen molar-refractivity contribution in [2.45, 2.75) is 37.0 Å². The monoisotopic (exact) mass is 452 g/mol. The fourth-order valence-electron chi connectivity index (χ4n) is 4.46. The number of carbonyl (C=O) groups excluding carboxylic acids is 1. The van der Waals surface area contributed by atoms with Crippen LogP contribution in [0.1, 0.15) is 30.9 Å². The Morgan fingerprint density at radius 2 is 2.09 bits per heavy atom. The van der Waals surface area contributed by atoms with E-state index in [1.54, 1.807) is 37.2 Å². The molecule has 166 valence electrons. The lowest BCUT2D eigenvalue weighted by Gasteiger charge is -2.53. The van der Waals surface area contributed by atoms with Crippen molar-refractivity contribution in [1.29, 1.82) is 5.26 Å². The van der Waals surface area contributed by atoms with Crippen LogP contribution in [0.25, 0.3) is 11.1 Å². The molecule has 0 spiro atoms. The Bertz CT molecular complexity index is 1140. The number of carbonyl (C=O) groups is 1. The van der Waals surface area contributed by atoms with Gasteiger partial charge in [0.2, 0.25) is 0 Å². The van der Waals surface area contributed by atoms with Crippen LogP contribution in [0.2, 0.25) is 5.02 Å². The molecule has 0 saturated carbocycles. The number of ether oxygens (including phenoxy) is 2. The normalized spacial score (nSPS) is 26.8. The van der Waals surface area contributed by atoms with Gasteiger partial charge < -0.3 is 24.9 Å². The molecule has 8 heteroatoms. The topological polar surface area (TPSA) is 101 Å². The number of aliphatic imine (C=N–C) groups is 1. The van der Waals surface area contributed by atoms with Gasteiger partial charge in [-0.25, -0.2) is 4.99 Å². The number of nitrogens with two attached hydrogens (primary N) is 1. The second-order valence-electron chi connectivity index (χ2n) is 8.50. The Morgan fingerprint density at radius 1 is 1.31 bits per heavy atom. The maximum Gasteiger partial charge on any atom is 0.192 e. The van der Waals surface area contributed by atoms with Crippen LogP contribution in [0.15, 0.2) is 41.4 Å². The number of halogens is 1. The zero-order chi connectivity index (χ0) is 23.1. The highest BCUT2D eigenvalue weighted by Gasteiger charge is 2.62. The number of benzene rings is 2. The van der Waals surface area contributed by atoms with Gasteiger partial charge in [-0.3, -0.25) is 0 Å². The zero-order valence-electron chi connectivity index (χ0n) is 18.3. The van der Waals surface area contributed by atoms with E-state index >= 15 is 0 Å². The fourth-order valence-corrected chi connectivity index (χ4v) is 4.69.